The van der Waals surface area contributed by atoms with Gasteiger partial charge in [0.2, 0.25) is 0 Å². The van der Waals surface area contributed by atoms with Crippen LogP contribution in [0.1, 0.15) is 35.2 Å². The molecule has 1 heterocycles. The maximum absolute atomic E-state index is 5.89. The fourth-order valence-electron chi connectivity index (χ4n) is 1.83. The molecule has 0 fully saturated rings. The zero-order chi connectivity index (χ0) is 13.0. The van der Waals surface area contributed by atoms with E-state index in [0.29, 0.717) is 6.04 Å². The number of thiophene rings is 1. The third-order valence-electron chi connectivity index (χ3n) is 3.02. The monoisotopic (exact) mass is 279 g/mol. The standard InChI is InChI=1S/C15H18ClNS/c1-3-14-8-9-15(18-14)10-17-11(2)12-4-6-13(16)7-5-12/h4-9,11,17H,3,10H2,1-2H3/t11-/m1/s1. The predicted octanol–water partition coefficient (Wildman–Crippen LogP) is 4.81. The van der Waals surface area contributed by atoms with Crippen LogP contribution in [0.4, 0.5) is 0 Å². The molecule has 0 aliphatic rings. The minimum Gasteiger partial charge on any atom is -0.305 e. The van der Waals surface area contributed by atoms with Gasteiger partial charge in [-0.1, -0.05) is 30.7 Å². The highest BCUT2D eigenvalue weighted by molar-refractivity contribution is 7.11. The Balaban J connectivity index is 1.91. The molecule has 2 rings (SSSR count). The Bertz CT molecular complexity index is 489. The van der Waals surface area contributed by atoms with Gasteiger partial charge in [0.1, 0.15) is 0 Å². The molecule has 0 unspecified atom stereocenters. The van der Waals surface area contributed by atoms with E-state index in [1.807, 2.05) is 23.5 Å². The number of hydrogen-bond acceptors (Lipinski definition) is 2. The van der Waals surface area contributed by atoms with Gasteiger partial charge in [-0.3, -0.25) is 0 Å². The van der Waals surface area contributed by atoms with Crippen molar-refractivity contribution in [2.45, 2.75) is 32.9 Å². The van der Waals surface area contributed by atoms with E-state index in [0.717, 1.165) is 18.0 Å². The molecule has 0 saturated carbocycles. The largest absolute Gasteiger partial charge is 0.305 e. The van der Waals surface area contributed by atoms with Crippen LogP contribution in [-0.4, -0.2) is 0 Å². The van der Waals surface area contributed by atoms with Crippen molar-refractivity contribution in [2.75, 3.05) is 0 Å². The lowest BCUT2D eigenvalue weighted by Crippen LogP contribution is -2.17. The van der Waals surface area contributed by atoms with Crippen LogP contribution in [0, 0.1) is 0 Å². The molecular formula is C15H18ClNS. The van der Waals surface area contributed by atoms with Gasteiger partial charge < -0.3 is 5.32 Å². The van der Waals surface area contributed by atoms with E-state index in [2.05, 4.69) is 43.4 Å². The van der Waals surface area contributed by atoms with E-state index in [-0.39, 0.29) is 0 Å². The van der Waals surface area contributed by atoms with Gasteiger partial charge in [-0.2, -0.15) is 0 Å². The van der Waals surface area contributed by atoms with Crippen LogP contribution in [0.2, 0.25) is 5.02 Å². The normalized spacial score (nSPS) is 12.6. The highest BCUT2D eigenvalue weighted by atomic mass is 35.5. The molecule has 1 nitrogen and oxygen atoms in total. The Labute approximate surface area is 118 Å². The lowest BCUT2D eigenvalue weighted by atomic mass is 10.1. The van der Waals surface area contributed by atoms with E-state index in [1.165, 1.54) is 15.3 Å². The molecular weight excluding hydrogens is 262 g/mol. The third kappa shape index (κ3) is 3.58. The van der Waals surface area contributed by atoms with E-state index in [4.69, 9.17) is 11.6 Å². The molecule has 3 heteroatoms. The topological polar surface area (TPSA) is 12.0 Å². The minimum atomic E-state index is 0.342. The summed E-state index contributed by atoms with van der Waals surface area (Å²) in [6.07, 6.45) is 1.12. The van der Waals surface area contributed by atoms with Gasteiger partial charge in [-0.15, -0.1) is 11.3 Å². The highest BCUT2D eigenvalue weighted by Gasteiger charge is 2.05. The summed E-state index contributed by atoms with van der Waals surface area (Å²) < 4.78 is 0. The average molecular weight is 280 g/mol. The van der Waals surface area contributed by atoms with Crippen LogP contribution >= 0.6 is 22.9 Å². The molecule has 0 aliphatic heterocycles. The molecule has 1 atom stereocenters. The average Bonchev–Trinajstić information content (AvgIpc) is 2.85. The lowest BCUT2D eigenvalue weighted by molar-refractivity contribution is 0.579. The third-order valence-corrected chi connectivity index (χ3v) is 4.50. The van der Waals surface area contributed by atoms with E-state index in [9.17, 15) is 0 Å². The second kappa shape index (κ2) is 6.37. The molecule has 96 valence electrons. The van der Waals surface area contributed by atoms with Crippen LogP contribution < -0.4 is 5.32 Å². The first-order chi connectivity index (χ1) is 8.69. The molecule has 0 radical (unpaired) electrons. The van der Waals surface area contributed by atoms with Crippen molar-refractivity contribution in [2.24, 2.45) is 0 Å². The van der Waals surface area contributed by atoms with E-state index >= 15 is 0 Å². The van der Waals surface area contributed by atoms with E-state index < -0.39 is 0 Å². The zero-order valence-corrected chi connectivity index (χ0v) is 12.3. The van der Waals surface area contributed by atoms with Crippen LogP contribution in [0.15, 0.2) is 36.4 Å². The molecule has 0 spiro atoms. The van der Waals surface area contributed by atoms with Crippen LogP contribution in [0.25, 0.3) is 0 Å². The van der Waals surface area contributed by atoms with Crippen molar-refractivity contribution < 1.29 is 0 Å². The number of rotatable bonds is 5. The summed E-state index contributed by atoms with van der Waals surface area (Å²) in [6.45, 7) is 5.30. The Morgan fingerprint density at radius 2 is 1.78 bits per heavy atom. The maximum atomic E-state index is 5.89. The first-order valence-corrected chi connectivity index (χ1v) is 7.45. The van der Waals surface area contributed by atoms with Gasteiger partial charge in [0.25, 0.3) is 0 Å². The van der Waals surface area contributed by atoms with Gasteiger partial charge in [0, 0.05) is 27.4 Å². The zero-order valence-electron chi connectivity index (χ0n) is 10.7. The van der Waals surface area contributed by atoms with Crippen molar-refractivity contribution in [3.8, 4) is 0 Å². The van der Waals surface area contributed by atoms with Crippen LogP contribution in [0.5, 0.6) is 0 Å². The summed E-state index contributed by atoms with van der Waals surface area (Å²) in [5, 5.41) is 4.33. The van der Waals surface area contributed by atoms with Gasteiger partial charge >= 0.3 is 0 Å². The molecule has 18 heavy (non-hydrogen) atoms. The van der Waals surface area contributed by atoms with E-state index in [1.54, 1.807) is 0 Å². The summed E-state index contributed by atoms with van der Waals surface area (Å²) in [4.78, 5) is 2.85. The van der Waals surface area contributed by atoms with Gasteiger partial charge in [-0.25, -0.2) is 0 Å². The number of benzene rings is 1. The quantitative estimate of drug-likeness (QED) is 0.828. The van der Waals surface area contributed by atoms with Crippen LogP contribution in [-0.2, 0) is 13.0 Å². The van der Waals surface area contributed by atoms with Crippen molar-refractivity contribution in [1.82, 2.24) is 5.32 Å². The lowest BCUT2D eigenvalue weighted by Gasteiger charge is -2.13. The van der Waals surface area contributed by atoms with Crippen LogP contribution in [0.3, 0.4) is 0 Å². The van der Waals surface area contributed by atoms with Gasteiger partial charge in [0.15, 0.2) is 0 Å². The van der Waals surface area contributed by atoms with Crippen molar-refractivity contribution >= 4 is 22.9 Å². The number of aryl methyl sites for hydroxylation is 1. The number of halogens is 1. The molecule has 1 N–H and O–H groups in total. The summed E-state index contributed by atoms with van der Waals surface area (Å²) in [5.41, 5.74) is 1.27. The SMILES string of the molecule is CCc1ccc(CN[C@H](C)c2ccc(Cl)cc2)s1. The first kappa shape index (κ1) is 13.6. The van der Waals surface area contributed by atoms with Crippen molar-refractivity contribution in [3.63, 3.8) is 0 Å². The molecule has 0 amide bonds. The van der Waals surface area contributed by atoms with Crippen molar-refractivity contribution in [1.29, 1.82) is 0 Å². The molecule has 1 aromatic heterocycles. The Hall–Kier alpha value is -0.830. The molecule has 0 aliphatic carbocycles. The van der Waals surface area contributed by atoms with Gasteiger partial charge in [-0.05, 0) is 43.2 Å². The number of nitrogens with one attached hydrogen (secondary N) is 1. The van der Waals surface area contributed by atoms with Crippen molar-refractivity contribution in [3.05, 3.63) is 56.7 Å². The highest BCUT2D eigenvalue weighted by Crippen LogP contribution is 2.19. The maximum Gasteiger partial charge on any atom is 0.0406 e. The second-order valence-electron chi connectivity index (χ2n) is 4.38. The summed E-state index contributed by atoms with van der Waals surface area (Å²) in [5.74, 6) is 0. The predicted molar refractivity (Wildman–Crippen MR) is 80.4 cm³/mol. The Morgan fingerprint density at radius 3 is 2.39 bits per heavy atom. The Morgan fingerprint density at radius 1 is 1.11 bits per heavy atom. The summed E-state index contributed by atoms with van der Waals surface area (Å²) in [6, 6.07) is 12.8. The molecule has 2 aromatic rings. The number of hydrogen-bond donors (Lipinski definition) is 1. The second-order valence-corrected chi connectivity index (χ2v) is 6.07. The summed E-state index contributed by atoms with van der Waals surface area (Å²) >= 11 is 7.78. The summed E-state index contributed by atoms with van der Waals surface area (Å²) in [7, 11) is 0. The Kier molecular flexibility index (Phi) is 4.81. The molecule has 1 aromatic carbocycles. The minimum absolute atomic E-state index is 0.342. The fourth-order valence-corrected chi connectivity index (χ4v) is 2.87. The fraction of sp³-hybridized carbons (Fsp3) is 0.333. The van der Waals surface area contributed by atoms with Gasteiger partial charge in [0.05, 0.1) is 0 Å². The molecule has 0 bridgehead atoms. The molecule has 0 saturated heterocycles. The smallest absolute Gasteiger partial charge is 0.0406 e. The first-order valence-electron chi connectivity index (χ1n) is 6.25.